The number of nitrogens with zero attached hydrogens (tertiary/aromatic N) is 1. The Hall–Kier alpha value is -1.51. The van der Waals surface area contributed by atoms with Crippen LogP contribution in [0.1, 0.15) is 26.7 Å². The Kier molecular flexibility index (Phi) is 5.20. The number of benzene rings is 1. The van der Waals surface area contributed by atoms with E-state index in [2.05, 4.69) is 18.7 Å². The van der Waals surface area contributed by atoms with Gasteiger partial charge in [0.25, 0.3) is 0 Å². The van der Waals surface area contributed by atoms with E-state index in [1.165, 1.54) is 0 Å². The van der Waals surface area contributed by atoms with Gasteiger partial charge in [0.2, 0.25) is 0 Å². The lowest BCUT2D eigenvalue weighted by Crippen LogP contribution is -2.36. The quantitative estimate of drug-likeness (QED) is 0.695. The molecular formula is C15H23NO2. The van der Waals surface area contributed by atoms with E-state index in [1.807, 2.05) is 31.3 Å². The second-order valence-corrected chi connectivity index (χ2v) is 4.74. The van der Waals surface area contributed by atoms with Crippen molar-refractivity contribution in [3.63, 3.8) is 0 Å². The molecule has 1 rings (SSSR count). The van der Waals surface area contributed by atoms with Gasteiger partial charge in [0.1, 0.15) is 12.0 Å². The molecule has 0 saturated heterocycles. The summed E-state index contributed by atoms with van der Waals surface area (Å²) in [6, 6.07) is 7.90. The van der Waals surface area contributed by atoms with Crippen LogP contribution in [-0.4, -0.2) is 27.0 Å². The molecule has 0 aliphatic heterocycles. The fourth-order valence-corrected chi connectivity index (χ4v) is 2.08. The molecule has 0 aliphatic carbocycles. The van der Waals surface area contributed by atoms with Gasteiger partial charge in [0.05, 0.1) is 7.11 Å². The summed E-state index contributed by atoms with van der Waals surface area (Å²) < 4.78 is 5.14. The number of hydrogen-bond donors (Lipinski definition) is 0. The minimum absolute atomic E-state index is 0.241. The van der Waals surface area contributed by atoms with Crippen LogP contribution in [0.25, 0.3) is 0 Å². The predicted molar refractivity (Wildman–Crippen MR) is 75.3 cm³/mol. The summed E-state index contributed by atoms with van der Waals surface area (Å²) in [7, 11) is 3.68. The Morgan fingerprint density at radius 2 is 1.78 bits per heavy atom. The molecule has 0 atom stereocenters. The number of rotatable bonds is 7. The Bertz CT molecular complexity index is 369. The molecule has 0 bridgehead atoms. The van der Waals surface area contributed by atoms with Crippen LogP contribution >= 0.6 is 0 Å². The van der Waals surface area contributed by atoms with E-state index in [4.69, 9.17) is 4.74 Å². The molecule has 0 aromatic heterocycles. The summed E-state index contributed by atoms with van der Waals surface area (Å²) >= 11 is 0. The van der Waals surface area contributed by atoms with Gasteiger partial charge >= 0.3 is 0 Å². The average Bonchev–Trinajstić information content (AvgIpc) is 2.45. The van der Waals surface area contributed by atoms with Crippen molar-refractivity contribution >= 4 is 12.0 Å². The first-order valence-corrected chi connectivity index (χ1v) is 6.42. The Morgan fingerprint density at radius 1 is 1.22 bits per heavy atom. The number of carbonyl (C=O) groups excluding carboxylic acids is 1. The van der Waals surface area contributed by atoms with Gasteiger partial charge in [0.15, 0.2) is 0 Å². The third-order valence-electron chi connectivity index (χ3n) is 3.72. The van der Waals surface area contributed by atoms with Crippen LogP contribution in [0.3, 0.4) is 0 Å². The Labute approximate surface area is 110 Å². The molecule has 100 valence electrons. The average molecular weight is 249 g/mol. The van der Waals surface area contributed by atoms with Gasteiger partial charge in [-0.25, -0.2) is 0 Å². The van der Waals surface area contributed by atoms with Crippen molar-refractivity contribution in [3.8, 4) is 5.75 Å². The number of ether oxygens (including phenoxy) is 1. The summed E-state index contributed by atoms with van der Waals surface area (Å²) in [5.74, 6) is 0.847. The van der Waals surface area contributed by atoms with Crippen molar-refractivity contribution < 1.29 is 9.53 Å². The first kappa shape index (κ1) is 14.6. The molecule has 0 amide bonds. The fraction of sp³-hybridized carbons (Fsp3) is 0.533. The molecule has 18 heavy (non-hydrogen) atoms. The molecule has 0 fully saturated rings. The molecule has 3 nitrogen and oxygen atoms in total. The molecule has 3 heteroatoms. The van der Waals surface area contributed by atoms with E-state index in [-0.39, 0.29) is 5.41 Å². The summed E-state index contributed by atoms with van der Waals surface area (Å²) in [6.07, 6.45) is 2.84. The number of hydrogen-bond acceptors (Lipinski definition) is 3. The maximum absolute atomic E-state index is 11.3. The first-order valence-electron chi connectivity index (χ1n) is 6.42. The van der Waals surface area contributed by atoms with E-state index >= 15 is 0 Å². The van der Waals surface area contributed by atoms with Gasteiger partial charge in [-0.05, 0) is 37.1 Å². The van der Waals surface area contributed by atoms with E-state index in [1.54, 1.807) is 7.11 Å². The van der Waals surface area contributed by atoms with E-state index in [0.717, 1.165) is 37.1 Å². The van der Waals surface area contributed by atoms with E-state index in [9.17, 15) is 4.79 Å². The summed E-state index contributed by atoms with van der Waals surface area (Å²) in [6.45, 7) is 4.88. The van der Waals surface area contributed by atoms with Crippen LogP contribution in [0.4, 0.5) is 5.69 Å². The van der Waals surface area contributed by atoms with Crippen molar-refractivity contribution in [2.75, 3.05) is 25.6 Å². The largest absolute Gasteiger partial charge is 0.497 e. The van der Waals surface area contributed by atoms with Crippen molar-refractivity contribution in [1.29, 1.82) is 0 Å². The van der Waals surface area contributed by atoms with Crippen LogP contribution < -0.4 is 9.64 Å². The highest BCUT2D eigenvalue weighted by atomic mass is 16.5. The van der Waals surface area contributed by atoms with Gasteiger partial charge in [0, 0.05) is 24.7 Å². The molecule has 1 aromatic rings. The minimum Gasteiger partial charge on any atom is -0.497 e. The fourth-order valence-electron chi connectivity index (χ4n) is 2.08. The van der Waals surface area contributed by atoms with Gasteiger partial charge in [-0.2, -0.15) is 0 Å². The standard InChI is InChI=1S/C15H23NO2/c1-5-15(6-2,12-17)11-16(3)13-7-9-14(18-4)10-8-13/h7-10,12H,5-6,11H2,1-4H3. The topological polar surface area (TPSA) is 29.5 Å². The normalized spacial score (nSPS) is 11.1. The van der Waals surface area contributed by atoms with Crippen LogP contribution in [-0.2, 0) is 4.79 Å². The number of methoxy groups -OCH3 is 1. The molecule has 0 saturated carbocycles. The van der Waals surface area contributed by atoms with E-state index < -0.39 is 0 Å². The zero-order chi connectivity index (χ0) is 13.6. The Balaban J connectivity index is 2.79. The lowest BCUT2D eigenvalue weighted by Gasteiger charge is -2.31. The molecule has 0 spiro atoms. The highest BCUT2D eigenvalue weighted by molar-refractivity contribution is 5.61. The monoisotopic (exact) mass is 249 g/mol. The number of anilines is 1. The summed E-state index contributed by atoms with van der Waals surface area (Å²) in [5, 5.41) is 0. The van der Waals surface area contributed by atoms with Gasteiger partial charge in [-0.3, -0.25) is 0 Å². The van der Waals surface area contributed by atoms with Crippen molar-refractivity contribution in [2.45, 2.75) is 26.7 Å². The highest BCUT2D eigenvalue weighted by Gasteiger charge is 2.27. The lowest BCUT2D eigenvalue weighted by atomic mass is 9.83. The SMILES string of the molecule is CCC(C=O)(CC)CN(C)c1ccc(OC)cc1. The molecule has 0 aliphatic rings. The Morgan fingerprint density at radius 3 is 2.17 bits per heavy atom. The molecule has 1 aromatic carbocycles. The smallest absolute Gasteiger partial charge is 0.127 e. The third kappa shape index (κ3) is 3.25. The van der Waals surface area contributed by atoms with Gasteiger partial charge in [-0.1, -0.05) is 13.8 Å². The van der Waals surface area contributed by atoms with E-state index in [0.29, 0.717) is 0 Å². The van der Waals surface area contributed by atoms with Crippen LogP contribution in [0, 0.1) is 5.41 Å². The van der Waals surface area contributed by atoms with Crippen LogP contribution in [0.2, 0.25) is 0 Å². The summed E-state index contributed by atoms with van der Waals surface area (Å²) in [5.41, 5.74) is 0.859. The van der Waals surface area contributed by atoms with Crippen molar-refractivity contribution in [2.24, 2.45) is 5.41 Å². The lowest BCUT2D eigenvalue weighted by molar-refractivity contribution is -0.116. The third-order valence-corrected chi connectivity index (χ3v) is 3.72. The second-order valence-electron chi connectivity index (χ2n) is 4.74. The van der Waals surface area contributed by atoms with Crippen molar-refractivity contribution in [3.05, 3.63) is 24.3 Å². The summed E-state index contributed by atoms with van der Waals surface area (Å²) in [4.78, 5) is 13.4. The predicted octanol–water partition coefficient (Wildman–Crippen LogP) is 3.14. The molecule has 0 radical (unpaired) electrons. The molecular weight excluding hydrogens is 226 g/mol. The van der Waals surface area contributed by atoms with Gasteiger partial charge in [-0.15, -0.1) is 0 Å². The molecule has 0 N–H and O–H groups in total. The highest BCUT2D eigenvalue weighted by Crippen LogP contribution is 2.27. The zero-order valence-electron chi connectivity index (χ0n) is 11.8. The maximum atomic E-state index is 11.3. The maximum Gasteiger partial charge on any atom is 0.127 e. The first-order chi connectivity index (χ1) is 8.60. The van der Waals surface area contributed by atoms with Crippen LogP contribution in [0.15, 0.2) is 24.3 Å². The minimum atomic E-state index is -0.241. The second kappa shape index (κ2) is 6.43. The molecule has 0 unspecified atom stereocenters. The number of carbonyl (C=O) groups is 1. The van der Waals surface area contributed by atoms with Crippen LogP contribution in [0.5, 0.6) is 5.75 Å². The van der Waals surface area contributed by atoms with Crippen molar-refractivity contribution in [1.82, 2.24) is 0 Å². The zero-order valence-corrected chi connectivity index (χ0v) is 11.8. The van der Waals surface area contributed by atoms with Gasteiger partial charge < -0.3 is 14.4 Å². The molecule has 0 heterocycles. The number of aldehydes is 1.